The number of hydrogen-bond acceptors (Lipinski definition) is 3. The summed E-state index contributed by atoms with van der Waals surface area (Å²) in [5.74, 6) is -0.0909. The standard InChI is InChI=1S/C23H26ClNO3/c1-21(2,3)28-20(27)25-18-13-12-16(24)14-17(18)23(6,19(26)22(25,4)5)15-10-8-7-9-11-15/h7-14H,1-6H3. The summed E-state index contributed by atoms with van der Waals surface area (Å²) in [4.78, 5) is 28.4. The van der Waals surface area contributed by atoms with Gasteiger partial charge >= 0.3 is 6.09 Å². The molecule has 1 aliphatic rings. The molecule has 0 fully saturated rings. The van der Waals surface area contributed by atoms with E-state index in [4.69, 9.17) is 16.3 Å². The van der Waals surface area contributed by atoms with Gasteiger partial charge in [0.05, 0.1) is 11.1 Å². The summed E-state index contributed by atoms with van der Waals surface area (Å²) in [6, 6.07) is 14.9. The second-order valence-electron chi connectivity index (χ2n) is 8.86. The lowest BCUT2D eigenvalue weighted by Crippen LogP contribution is -2.63. The maximum absolute atomic E-state index is 13.8. The molecule has 28 heavy (non-hydrogen) atoms. The van der Waals surface area contributed by atoms with E-state index < -0.39 is 22.6 Å². The summed E-state index contributed by atoms with van der Waals surface area (Å²) in [6.07, 6.45) is -0.551. The molecule has 0 N–H and O–H groups in total. The maximum atomic E-state index is 13.8. The van der Waals surface area contributed by atoms with E-state index in [0.717, 1.165) is 5.56 Å². The Bertz CT molecular complexity index is 931. The van der Waals surface area contributed by atoms with Crippen molar-refractivity contribution in [3.05, 3.63) is 64.7 Å². The quantitative estimate of drug-likeness (QED) is 0.613. The molecule has 0 saturated heterocycles. The van der Waals surface area contributed by atoms with Crippen LogP contribution in [0.2, 0.25) is 5.02 Å². The number of fused-ring (bicyclic) bond motifs is 1. The zero-order chi connectivity index (χ0) is 20.9. The van der Waals surface area contributed by atoms with E-state index >= 15 is 0 Å². The van der Waals surface area contributed by atoms with Gasteiger partial charge < -0.3 is 4.74 Å². The molecule has 3 rings (SSSR count). The topological polar surface area (TPSA) is 46.6 Å². The Hall–Kier alpha value is -2.33. The Labute approximate surface area is 171 Å². The van der Waals surface area contributed by atoms with Crippen molar-refractivity contribution in [2.45, 2.75) is 58.1 Å². The van der Waals surface area contributed by atoms with Crippen molar-refractivity contribution < 1.29 is 14.3 Å². The van der Waals surface area contributed by atoms with Crippen molar-refractivity contribution >= 4 is 29.2 Å². The van der Waals surface area contributed by atoms with E-state index in [2.05, 4.69) is 0 Å². The number of ketones is 1. The Morgan fingerprint density at radius 1 is 1.04 bits per heavy atom. The highest BCUT2D eigenvalue weighted by Crippen LogP contribution is 2.49. The van der Waals surface area contributed by atoms with Crippen molar-refractivity contribution in [1.29, 1.82) is 0 Å². The van der Waals surface area contributed by atoms with Crippen LogP contribution in [0.1, 0.15) is 52.7 Å². The van der Waals surface area contributed by atoms with Gasteiger partial charge in [0.25, 0.3) is 0 Å². The molecular weight excluding hydrogens is 374 g/mol. The third kappa shape index (κ3) is 3.20. The highest BCUT2D eigenvalue weighted by atomic mass is 35.5. The van der Waals surface area contributed by atoms with Crippen LogP contribution in [0.5, 0.6) is 0 Å². The number of amides is 1. The minimum absolute atomic E-state index is 0.0909. The third-order valence-corrected chi connectivity index (χ3v) is 5.47. The summed E-state index contributed by atoms with van der Waals surface area (Å²) in [7, 11) is 0. The van der Waals surface area contributed by atoms with Crippen LogP contribution in [0.15, 0.2) is 48.5 Å². The first kappa shape index (κ1) is 20.4. The number of ether oxygens (including phenoxy) is 1. The van der Waals surface area contributed by atoms with E-state index in [1.165, 1.54) is 4.90 Å². The fourth-order valence-electron chi connectivity index (χ4n) is 3.93. The van der Waals surface area contributed by atoms with Gasteiger partial charge in [-0.15, -0.1) is 0 Å². The van der Waals surface area contributed by atoms with Gasteiger partial charge in [0.1, 0.15) is 11.1 Å². The smallest absolute Gasteiger partial charge is 0.415 e. The molecule has 1 unspecified atom stereocenters. The largest absolute Gasteiger partial charge is 0.443 e. The number of nitrogens with zero attached hydrogens (tertiary/aromatic N) is 1. The Kier molecular flexibility index (Phi) is 4.83. The Morgan fingerprint density at radius 3 is 2.21 bits per heavy atom. The molecule has 0 spiro atoms. The molecule has 4 nitrogen and oxygen atoms in total. The summed E-state index contributed by atoms with van der Waals surface area (Å²) >= 11 is 6.30. The number of hydrogen-bond donors (Lipinski definition) is 0. The summed E-state index contributed by atoms with van der Waals surface area (Å²) in [6.45, 7) is 10.8. The van der Waals surface area contributed by atoms with Gasteiger partial charge in [-0.25, -0.2) is 4.79 Å². The third-order valence-electron chi connectivity index (χ3n) is 5.23. The molecule has 5 heteroatoms. The Balaban J connectivity index is 2.28. The van der Waals surface area contributed by atoms with E-state index in [1.807, 2.05) is 37.3 Å². The van der Waals surface area contributed by atoms with Gasteiger partial charge in [-0.3, -0.25) is 9.69 Å². The molecule has 1 aliphatic heterocycles. The summed E-state index contributed by atoms with van der Waals surface area (Å²) < 4.78 is 5.62. The van der Waals surface area contributed by atoms with Crippen LogP contribution < -0.4 is 4.90 Å². The molecule has 0 saturated carbocycles. The predicted octanol–water partition coefficient (Wildman–Crippen LogP) is 5.75. The zero-order valence-electron chi connectivity index (χ0n) is 17.2. The monoisotopic (exact) mass is 399 g/mol. The molecule has 2 aromatic rings. The minimum Gasteiger partial charge on any atom is -0.443 e. The van der Waals surface area contributed by atoms with E-state index in [-0.39, 0.29) is 5.78 Å². The average molecular weight is 400 g/mol. The van der Waals surface area contributed by atoms with Crippen LogP contribution in [0.25, 0.3) is 0 Å². The van der Waals surface area contributed by atoms with Crippen molar-refractivity contribution in [2.24, 2.45) is 0 Å². The zero-order valence-corrected chi connectivity index (χ0v) is 17.9. The minimum atomic E-state index is -1.10. The van der Waals surface area contributed by atoms with E-state index in [9.17, 15) is 9.59 Å². The number of anilines is 1. The van der Waals surface area contributed by atoms with Gasteiger partial charge in [-0.2, -0.15) is 0 Å². The molecule has 1 atom stereocenters. The molecule has 148 valence electrons. The van der Waals surface area contributed by atoms with Gasteiger partial charge in [0.15, 0.2) is 5.78 Å². The van der Waals surface area contributed by atoms with Crippen LogP contribution in [0.4, 0.5) is 10.5 Å². The molecule has 0 aliphatic carbocycles. The molecule has 1 heterocycles. The highest BCUT2D eigenvalue weighted by Gasteiger charge is 2.55. The number of halogens is 1. The number of Topliss-reactive ketones (excluding diaryl/α,β-unsaturated/α-hetero) is 1. The van der Waals surface area contributed by atoms with Gasteiger partial charge in [0, 0.05) is 5.02 Å². The fraction of sp³-hybridized carbons (Fsp3) is 0.391. The van der Waals surface area contributed by atoms with E-state index in [0.29, 0.717) is 16.3 Å². The molecule has 1 amide bonds. The second kappa shape index (κ2) is 6.63. The van der Waals surface area contributed by atoms with Crippen LogP contribution in [0.3, 0.4) is 0 Å². The van der Waals surface area contributed by atoms with Crippen molar-refractivity contribution in [3.8, 4) is 0 Å². The van der Waals surface area contributed by atoms with Gasteiger partial charge in [0.2, 0.25) is 0 Å². The lowest BCUT2D eigenvalue weighted by Gasteiger charge is -2.49. The predicted molar refractivity (Wildman–Crippen MR) is 112 cm³/mol. The van der Waals surface area contributed by atoms with E-state index in [1.54, 1.807) is 52.8 Å². The first-order valence-electron chi connectivity index (χ1n) is 9.33. The first-order valence-corrected chi connectivity index (χ1v) is 9.70. The lowest BCUT2D eigenvalue weighted by molar-refractivity contribution is -0.127. The molecular formula is C23H26ClNO3. The maximum Gasteiger partial charge on any atom is 0.415 e. The number of benzene rings is 2. The lowest BCUT2D eigenvalue weighted by atomic mass is 9.64. The number of carbonyl (C=O) groups excluding carboxylic acids is 2. The first-order chi connectivity index (χ1) is 12.9. The fourth-order valence-corrected chi connectivity index (χ4v) is 4.10. The van der Waals surface area contributed by atoms with Crippen LogP contribution >= 0.6 is 11.6 Å². The summed E-state index contributed by atoms with van der Waals surface area (Å²) in [5, 5.41) is 0.512. The Morgan fingerprint density at radius 2 is 1.64 bits per heavy atom. The van der Waals surface area contributed by atoms with Gasteiger partial charge in [-0.05, 0) is 70.9 Å². The second-order valence-corrected chi connectivity index (χ2v) is 9.29. The number of rotatable bonds is 1. The van der Waals surface area contributed by atoms with Crippen LogP contribution in [-0.4, -0.2) is 23.0 Å². The molecule has 2 aromatic carbocycles. The highest BCUT2D eigenvalue weighted by molar-refractivity contribution is 6.31. The number of carbonyl (C=O) groups is 2. The molecule has 0 bridgehead atoms. The van der Waals surface area contributed by atoms with Crippen molar-refractivity contribution in [1.82, 2.24) is 0 Å². The molecule has 0 radical (unpaired) electrons. The van der Waals surface area contributed by atoms with Crippen molar-refractivity contribution in [3.63, 3.8) is 0 Å². The van der Waals surface area contributed by atoms with Crippen LogP contribution in [-0.2, 0) is 14.9 Å². The molecule has 0 aromatic heterocycles. The SMILES string of the molecule is CC(C)(C)OC(=O)N1c2ccc(Cl)cc2C(C)(c2ccccc2)C(=O)C1(C)C. The van der Waals surface area contributed by atoms with Gasteiger partial charge in [-0.1, -0.05) is 41.9 Å². The van der Waals surface area contributed by atoms with Crippen molar-refractivity contribution in [2.75, 3.05) is 4.90 Å². The van der Waals surface area contributed by atoms with Crippen LogP contribution in [0, 0.1) is 0 Å². The normalized spacial score (nSPS) is 21.2. The summed E-state index contributed by atoms with van der Waals surface area (Å²) in [5.41, 5.74) is -0.531. The average Bonchev–Trinajstić information content (AvgIpc) is 2.60.